The summed E-state index contributed by atoms with van der Waals surface area (Å²) in [5, 5.41) is 17.1. The summed E-state index contributed by atoms with van der Waals surface area (Å²) >= 11 is 3.11. The lowest BCUT2D eigenvalue weighted by molar-refractivity contribution is -0.119. The third-order valence-electron chi connectivity index (χ3n) is 1.86. The van der Waals surface area contributed by atoms with E-state index in [1.54, 1.807) is 17.5 Å². The van der Waals surface area contributed by atoms with Crippen LogP contribution in [-0.4, -0.2) is 10.9 Å². The van der Waals surface area contributed by atoms with Crippen LogP contribution in [0.5, 0.6) is 0 Å². The van der Waals surface area contributed by atoms with Crippen molar-refractivity contribution in [3.05, 3.63) is 27.9 Å². The molecule has 0 aliphatic rings. The van der Waals surface area contributed by atoms with Gasteiger partial charge in [-0.1, -0.05) is 0 Å². The summed E-state index contributed by atoms with van der Waals surface area (Å²) in [5.41, 5.74) is 1.76. The van der Waals surface area contributed by atoms with E-state index in [9.17, 15) is 4.79 Å². The first-order valence-corrected chi connectivity index (χ1v) is 6.27. The molecule has 1 N–H and O–H groups in total. The predicted molar refractivity (Wildman–Crippen MR) is 62.9 cm³/mol. The van der Waals surface area contributed by atoms with Gasteiger partial charge in [-0.3, -0.25) is 10.1 Å². The molecule has 0 aliphatic heterocycles. The van der Waals surface area contributed by atoms with E-state index < -0.39 is 0 Å². The van der Waals surface area contributed by atoms with Crippen LogP contribution in [0.15, 0.2) is 22.2 Å². The molecule has 0 aromatic carbocycles. The molecule has 80 valence electrons. The van der Waals surface area contributed by atoms with Gasteiger partial charge in [0.2, 0.25) is 5.91 Å². The summed E-state index contributed by atoms with van der Waals surface area (Å²) < 4.78 is 0. The Morgan fingerprint density at radius 1 is 1.56 bits per heavy atom. The number of amides is 1. The normalized spacial score (nSPS) is 9.69. The van der Waals surface area contributed by atoms with Gasteiger partial charge in [-0.05, 0) is 11.4 Å². The fourth-order valence-corrected chi connectivity index (χ4v) is 2.71. The topological polar surface area (TPSA) is 65.8 Å². The molecule has 0 spiro atoms. The van der Waals surface area contributed by atoms with Gasteiger partial charge in [-0.2, -0.15) is 16.6 Å². The Bertz CT molecular complexity index is 525. The van der Waals surface area contributed by atoms with E-state index >= 15 is 0 Å². The van der Waals surface area contributed by atoms with Crippen molar-refractivity contribution in [3.63, 3.8) is 0 Å². The van der Waals surface area contributed by atoms with E-state index in [0.29, 0.717) is 5.69 Å². The van der Waals surface area contributed by atoms with Crippen molar-refractivity contribution < 1.29 is 4.79 Å². The quantitative estimate of drug-likeness (QED) is 0.668. The van der Waals surface area contributed by atoms with Crippen LogP contribution in [0, 0.1) is 11.5 Å². The lowest BCUT2D eigenvalue weighted by Gasteiger charge is -1.92. The number of carbonyl (C=O) groups is 1. The maximum atomic E-state index is 11.1. The van der Waals surface area contributed by atoms with Crippen LogP contribution in [0.4, 0.5) is 0 Å². The van der Waals surface area contributed by atoms with Crippen molar-refractivity contribution in [2.75, 3.05) is 0 Å². The van der Waals surface area contributed by atoms with Crippen molar-refractivity contribution in [1.82, 2.24) is 10.3 Å². The number of thiophene rings is 1. The highest BCUT2D eigenvalue weighted by atomic mass is 32.1. The van der Waals surface area contributed by atoms with Gasteiger partial charge in [0.25, 0.3) is 0 Å². The maximum absolute atomic E-state index is 11.1. The molecule has 0 radical (unpaired) electrons. The average molecular weight is 249 g/mol. The van der Waals surface area contributed by atoms with Gasteiger partial charge < -0.3 is 0 Å². The molecule has 4 nitrogen and oxygen atoms in total. The molecular formula is C10H7N3OS2. The van der Waals surface area contributed by atoms with Gasteiger partial charge in [0.1, 0.15) is 5.01 Å². The molecule has 0 saturated heterocycles. The minimum absolute atomic E-state index is 0.147. The smallest absolute Gasteiger partial charge is 0.239 e. The number of aromatic nitrogens is 1. The summed E-state index contributed by atoms with van der Waals surface area (Å²) in [7, 11) is 0. The summed E-state index contributed by atoms with van der Waals surface area (Å²) in [6.07, 6.45) is 1.75. The molecule has 0 bridgehead atoms. The van der Waals surface area contributed by atoms with Crippen LogP contribution in [0.3, 0.4) is 0 Å². The summed E-state index contributed by atoms with van der Waals surface area (Å²) in [4.78, 5) is 15.5. The minimum Gasteiger partial charge on any atom is -0.274 e. The summed E-state index contributed by atoms with van der Waals surface area (Å²) in [6.45, 7) is 0. The Labute approximate surface area is 100 Å². The number of hydrogen-bond donors (Lipinski definition) is 1. The fourth-order valence-electron chi connectivity index (χ4n) is 1.18. The first kappa shape index (κ1) is 10.8. The van der Waals surface area contributed by atoms with Crippen LogP contribution in [-0.2, 0) is 11.2 Å². The van der Waals surface area contributed by atoms with Gasteiger partial charge in [-0.15, -0.1) is 11.3 Å². The van der Waals surface area contributed by atoms with Crippen LogP contribution in [0.2, 0.25) is 0 Å². The van der Waals surface area contributed by atoms with E-state index in [0.717, 1.165) is 10.6 Å². The lowest BCUT2D eigenvalue weighted by atomic mass is 10.3. The van der Waals surface area contributed by atoms with E-state index in [4.69, 9.17) is 5.26 Å². The van der Waals surface area contributed by atoms with Gasteiger partial charge in [-0.25, -0.2) is 4.98 Å². The molecule has 1 amide bonds. The minimum atomic E-state index is -0.329. The van der Waals surface area contributed by atoms with E-state index in [-0.39, 0.29) is 12.3 Å². The standard InChI is InChI=1S/C10H7N3OS2/c11-6-12-9(14)3-8-5-16-10(13-8)7-1-2-15-4-7/h1-2,4-5H,3H2,(H,12,14). The molecule has 2 aromatic rings. The van der Waals surface area contributed by atoms with Crippen LogP contribution in [0.25, 0.3) is 10.6 Å². The second kappa shape index (κ2) is 4.88. The Morgan fingerprint density at radius 2 is 2.44 bits per heavy atom. The number of nitriles is 1. The molecule has 0 fully saturated rings. The van der Waals surface area contributed by atoms with Crippen LogP contribution >= 0.6 is 22.7 Å². The number of rotatable bonds is 3. The molecular weight excluding hydrogens is 242 g/mol. The molecule has 0 saturated carbocycles. The molecule has 2 heterocycles. The van der Waals surface area contributed by atoms with E-state index in [2.05, 4.69) is 10.3 Å². The highest BCUT2D eigenvalue weighted by molar-refractivity contribution is 7.14. The number of carbonyl (C=O) groups excluding carboxylic acids is 1. The first-order chi connectivity index (χ1) is 7.79. The molecule has 16 heavy (non-hydrogen) atoms. The van der Waals surface area contributed by atoms with Crippen LogP contribution in [0.1, 0.15) is 5.69 Å². The van der Waals surface area contributed by atoms with Gasteiger partial charge in [0.15, 0.2) is 6.19 Å². The predicted octanol–water partition coefficient (Wildman–Crippen LogP) is 2.01. The number of hydrogen-bond acceptors (Lipinski definition) is 5. The third-order valence-corrected chi connectivity index (χ3v) is 3.48. The zero-order chi connectivity index (χ0) is 11.4. The molecule has 0 atom stereocenters. The van der Waals surface area contributed by atoms with Crippen molar-refractivity contribution >= 4 is 28.6 Å². The Hall–Kier alpha value is -1.71. The van der Waals surface area contributed by atoms with Gasteiger partial charge in [0.05, 0.1) is 12.1 Å². The molecule has 0 unspecified atom stereocenters. The molecule has 0 aliphatic carbocycles. The summed E-state index contributed by atoms with van der Waals surface area (Å²) in [5.74, 6) is -0.329. The molecule has 2 aromatic heterocycles. The van der Waals surface area contributed by atoms with Gasteiger partial charge in [0, 0.05) is 16.3 Å². The second-order valence-electron chi connectivity index (χ2n) is 2.99. The zero-order valence-electron chi connectivity index (χ0n) is 8.14. The van der Waals surface area contributed by atoms with Crippen molar-refractivity contribution in [3.8, 4) is 16.8 Å². The summed E-state index contributed by atoms with van der Waals surface area (Å²) in [6, 6.07) is 1.99. The first-order valence-electron chi connectivity index (χ1n) is 4.44. The van der Waals surface area contributed by atoms with E-state index in [1.807, 2.05) is 22.2 Å². The van der Waals surface area contributed by atoms with Gasteiger partial charge >= 0.3 is 0 Å². The number of nitrogens with one attached hydrogen (secondary N) is 1. The highest BCUT2D eigenvalue weighted by Crippen LogP contribution is 2.25. The lowest BCUT2D eigenvalue weighted by Crippen LogP contribution is -2.19. The average Bonchev–Trinajstić information content (AvgIpc) is 2.86. The number of nitrogens with zero attached hydrogens (tertiary/aromatic N) is 2. The largest absolute Gasteiger partial charge is 0.274 e. The van der Waals surface area contributed by atoms with Crippen LogP contribution < -0.4 is 5.32 Å². The fraction of sp³-hybridized carbons (Fsp3) is 0.100. The number of thiazole rings is 1. The van der Waals surface area contributed by atoms with E-state index in [1.165, 1.54) is 11.3 Å². The zero-order valence-corrected chi connectivity index (χ0v) is 9.77. The molecule has 6 heteroatoms. The Kier molecular flexibility index (Phi) is 3.29. The SMILES string of the molecule is N#CNC(=O)Cc1csc(-c2ccsc2)n1. The Morgan fingerprint density at radius 3 is 3.12 bits per heavy atom. The Balaban J connectivity index is 2.09. The van der Waals surface area contributed by atoms with Crippen molar-refractivity contribution in [2.45, 2.75) is 6.42 Å². The van der Waals surface area contributed by atoms with Crippen molar-refractivity contribution in [1.29, 1.82) is 5.26 Å². The highest BCUT2D eigenvalue weighted by Gasteiger charge is 2.08. The van der Waals surface area contributed by atoms with Crippen molar-refractivity contribution in [2.24, 2.45) is 0 Å². The molecule has 2 rings (SSSR count). The monoisotopic (exact) mass is 249 g/mol. The third kappa shape index (κ3) is 2.45. The second-order valence-corrected chi connectivity index (χ2v) is 4.63. The maximum Gasteiger partial charge on any atom is 0.239 e.